The van der Waals surface area contributed by atoms with Crippen LogP contribution in [0.2, 0.25) is 0 Å². The van der Waals surface area contributed by atoms with Crippen molar-refractivity contribution in [2.45, 2.75) is 38.6 Å². The van der Waals surface area contributed by atoms with E-state index in [1.807, 2.05) is 18.7 Å². The number of nitrogens with zero attached hydrogens (tertiary/aromatic N) is 2. The number of hydrogen-bond donors (Lipinski definition) is 0. The predicted molar refractivity (Wildman–Crippen MR) is 96.1 cm³/mol. The van der Waals surface area contributed by atoms with E-state index in [0.29, 0.717) is 39.3 Å². The number of morpholine rings is 1. The first-order valence-corrected chi connectivity index (χ1v) is 9.41. The monoisotopic (exact) mass is 362 g/mol. The van der Waals surface area contributed by atoms with Crippen molar-refractivity contribution in [3.63, 3.8) is 0 Å². The van der Waals surface area contributed by atoms with Gasteiger partial charge in [0.25, 0.3) is 0 Å². The van der Waals surface area contributed by atoms with Crippen LogP contribution in [0.3, 0.4) is 0 Å². The number of rotatable bonds is 4. The molecule has 2 heterocycles. The number of ether oxygens (including phenoxy) is 1. The Labute approximate surface area is 154 Å². The lowest BCUT2D eigenvalue weighted by Crippen LogP contribution is -2.52. The molecule has 26 heavy (non-hydrogen) atoms. The largest absolute Gasteiger partial charge is 0.378 e. The molecule has 0 saturated carbocycles. The van der Waals surface area contributed by atoms with Crippen LogP contribution in [0.4, 0.5) is 4.39 Å². The highest BCUT2D eigenvalue weighted by Crippen LogP contribution is 2.31. The molecule has 2 aliphatic heterocycles. The maximum Gasteiger partial charge on any atom is 0.245 e. The van der Waals surface area contributed by atoms with Gasteiger partial charge in [-0.05, 0) is 36.5 Å². The number of amides is 2. The van der Waals surface area contributed by atoms with Crippen LogP contribution in [0.25, 0.3) is 0 Å². The molecule has 1 aromatic rings. The number of carbonyl (C=O) groups is 2. The molecule has 142 valence electrons. The number of halogens is 1. The van der Waals surface area contributed by atoms with E-state index in [1.165, 1.54) is 12.1 Å². The molecule has 2 saturated heterocycles. The normalized spacial score (nSPS) is 21.9. The highest BCUT2D eigenvalue weighted by atomic mass is 19.1. The number of hydrogen-bond acceptors (Lipinski definition) is 3. The average Bonchev–Trinajstić information content (AvgIpc) is 3.13. The van der Waals surface area contributed by atoms with Gasteiger partial charge in [-0.25, -0.2) is 4.39 Å². The van der Waals surface area contributed by atoms with Crippen LogP contribution in [-0.2, 0) is 14.3 Å². The lowest BCUT2D eigenvalue weighted by atomic mass is 9.87. The topological polar surface area (TPSA) is 49.9 Å². The third kappa shape index (κ3) is 3.90. The van der Waals surface area contributed by atoms with E-state index >= 15 is 0 Å². The second-order valence-electron chi connectivity index (χ2n) is 7.40. The highest BCUT2D eigenvalue weighted by molar-refractivity contribution is 5.91. The second-order valence-corrected chi connectivity index (χ2v) is 7.40. The average molecular weight is 362 g/mol. The molecule has 0 spiro atoms. The van der Waals surface area contributed by atoms with Crippen LogP contribution >= 0.6 is 0 Å². The summed E-state index contributed by atoms with van der Waals surface area (Å²) < 4.78 is 18.6. The van der Waals surface area contributed by atoms with Crippen LogP contribution in [0.5, 0.6) is 0 Å². The molecule has 1 unspecified atom stereocenters. The molecule has 2 amide bonds. The first-order chi connectivity index (χ1) is 12.5. The Morgan fingerprint density at radius 3 is 2.38 bits per heavy atom. The van der Waals surface area contributed by atoms with Crippen molar-refractivity contribution < 1.29 is 18.7 Å². The molecule has 0 radical (unpaired) electrons. The SMILES string of the molecule is CC(C)C(C(=O)N1CCC[C@H]1C(=O)N1CCOCC1)c1ccc(F)cc1. The fourth-order valence-electron chi connectivity index (χ4n) is 3.94. The molecule has 1 aromatic carbocycles. The molecule has 0 aliphatic carbocycles. The lowest BCUT2D eigenvalue weighted by molar-refractivity contribution is -0.147. The molecule has 0 N–H and O–H groups in total. The zero-order chi connectivity index (χ0) is 18.7. The summed E-state index contributed by atoms with van der Waals surface area (Å²) in [6.07, 6.45) is 1.54. The predicted octanol–water partition coefficient (Wildman–Crippen LogP) is 2.42. The zero-order valence-corrected chi connectivity index (χ0v) is 15.5. The van der Waals surface area contributed by atoms with Gasteiger partial charge >= 0.3 is 0 Å². The van der Waals surface area contributed by atoms with Gasteiger partial charge in [0.05, 0.1) is 19.1 Å². The first kappa shape index (κ1) is 18.8. The third-order valence-electron chi connectivity index (χ3n) is 5.31. The van der Waals surface area contributed by atoms with E-state index in [9.17, 15) is 14.0 Å². The Balaban J connectivity index is 1.79. The van der Waals surface area contributed by atoms with Gasteiger partial charge in [0, 0.05) is 19.6 Å². The van der Waals surface area contributed by atoms with Crippen molar-refractivity contribution in [3.8, 4) is 0 Å². The Morgan fingerprint density at radius 1 is 1.12 bits per heavy atom. The van der Waals surface area contributed by atoms with Crippen molar-refractivity contribution >= 4 is 11.8 Å². The van der Waals surface area contributed by atoms with Crippen LogP contribution in [-0.4, -0.2) is 60.5 Å². The number of carbonyl (C=O) groups excluding carboxylic acids is 2. The minimum Gasteiger partial charge on any atom is -0.378 e. The van der Waals surface area contributed by atoms with Crippen molar-refractivity contribution in [1.29, 1.82) is 0 Å². The Bertz CT molecular complexity index is 641. The van der Waals surface area contributed by atoms with Gasteiger partial charge in [-0.2, -0.15) is 0 Å². The molecule has 0 aromatic heterocycles. The van der Waals surface area contributed by atoms with E-state index in [1.54, 1.807) is 17.0 Å². The van der Waals surface area contributed by atoms with E-state index in [-0.39, 0.29) is 35.5 Å². The molecular formula is C20H27FN2O3. The number of benzene rings is 1. The van der Waals surface area contributed by atoms with Crippen LogP contribution in [0.15, 0.2) is 24.3 Å². The van der Waals surface area contributed by atoms with Crippen LogP contribution in [0, 0.1) is 11.7 Å². The van der Waals surface area contributed by atoms with E-state index in [0.717, 1.165) is 12.0 Å². The maximum atomic E-state index is 13.3. The fourth-order valence-corrected chi connectivity index (χ4v) is 3.94. The van der Waals surface area contributed by atoms with Crippen molar-refractivity contribution in [1.82, 2.24) is 9.80 Å². The molecule has 2 aliphatic rings. The molecule has 3 rings (SSSR count). The van der Waals surface area contributed by atoms with Gasteiger partial charge in [0.15, 0.2) is 0 Å². The minimum absolute atomic E-state index is 0.0285. The molecular weight excluding hydrogens is 335 g/mol. The van der Waals surface area contributed by atoms with Crippen LogP contribution < -0.4 is 0 Å². The maximum absolute atomic E-state index is 13.3. The van der Waals surface area contributed by atoms with Gasteiger partial charge in [-0.3, -0.25) is 9.59 Å². The van der Waals surface area contributed by atoms with E-state index < -0.39 is 0 Å². The van der Waals surface area contributed by atoms with Crippen molar-refractivity contribution in [2.24, 2.45) is 5.92 Å². The third-order valence-corrected chi connectivity index (χ3v) is 5.31. The summed E-state index contributed by atoms with van der Waals surface area (Å²) in [5.74, 6) is -0.622. The summed E-state index contributed by atoms with van der Waals surface area (Å²) >= 11 is 0. The summed E-state index contributed by atoms with van der Waals surface area (Å²) in [5, 5.41) is 0. The summed E-state index contributed by atoms with van der Waals surface area (Å²) in [5.41, 5.74) is 0.802. The summed E-state index contributed by atoms with van der Waals surface area (Å²) in [6.45, 7) is 6.85. The van der Waals surface area contributed by atoms with Gasteiger partial charge in [-0.15, -0.1) is 0 Å². The quantitative estimate of drug-likeness (QED) is 0.827. The molecule has 2 atom stereocenters. The Hall–Kier alpha value is -1.95. The van der Waals surface area contributed by atoms with Crippen molar-refractivity contribution in [3.05, 3.63) is 35.6 Å². The fraction of sp³-hybridized carbons (Fsp3) is 0.600. The van der Waals surface area contributed by atoms with Crippen LogP contribution in [0.1, 0.15) is 38.2 Å². The van der Waals surface area contributed by atoms with Gasteiger partial charge in [-0.1, -0.05) is 26.0 Å². The first-order valence-electron chi connectivity index (χ1n) is 9.41. The van der Waals surface area contributed by atoms with Crippen molar-refractivity contribution in [2.75, 3.05) is 32.8 Å². The number of likely N-dealkylation sites (tertiary alicyclic amines) is 1. The van der Waals surface area contributed by atoms with Gasteiger partial charge in [0.1, 0.15) is 11.9 Å². The zero-order valence-electron chi connectivity index (χ0n) is 15.5. The molecule has 5 nitrogen and oxygen atoms in total. The summed E-state index contributed by atoms with van der Waals surface area (Å²) in [4.78, 5) is 29.8. The van der Waals surface area contributed by atoms with Gasteiger partial charge in [0.2, 0.25) is 11.8 Å². The lowest BCUT2D eigenvalue weighted by Gasteiger charge is -2.34. The van der Waals surface area contributed by atoms with E-state index in [4.69, 9.17) is 4.74 Å². The molecule has 0 bridgehead atoms. The standard InChI is InChI=1S/C20H27FN2O3/c1-14(2)18(15-5-7-16(21)8-6-15)20(25)23-9-3-4-17(23)19(24)22-10-12-26-13-11-22/h5-8,14,17-18H,3-4,9-13H2,1-2H3/t17-,18?/m0/s1. The van der Waals surface area contributed by atoms with Gasteiger partial charge < -0.3 is 14.5 Å². The minimum atomic E-state index is -0.387. The smallest absolute Gasteiger partial charge is 0.245 e. The Morgan fingerprint density at radius 2 is 1.77 bits per heavy atom. The summed E-state index contributed by atoms with van der Waals surface area (Å²) in [7, 11) is 0. The Kier molecular flexibility index (Phi) is 5.91. The molecule has 2 fully saturated rings. The second kappa shape index (κ2) is 8.16. The molecule has 6 heteroatoms. The highest BCUT2D eigenvalue weighted by Gasteiger charge is 2.40. The van der Waals surface area contributed by atoms with E-state index in [2.05, 4.69) is 0 Å². The summed E-state index contributed by atoms with van der Waals surface area (Å²) in [6, 6.07) is 5.73.